The molecule has 0 saturated heterocycles. The largest absolute Gasteiger partial charge is 0.492 e. The smallest absolute Gasteiger partial charge is 0.125 e. The molecular formula is C28H27N3O. The molecule has 1 aromatic heterocycles. The summed E-state index contributed by atoms with van der Waals surface area (Å²) < 4.78 is 6.30. The first-order chi connectivity index (χ1) is 15.8. The molecule has 2 heterocycles. The van der Waals surface area contributed by atoms with Gasteiger partial charge in [-0.15, -0.1) is 0 Å². The average molecular weight is 422 g/mol. The zero-order chi connectivity index (χ0) is 21.8. The van der Waals surface area contributed by atoms with Crippen LogP contribution in [-0.4, -0.2) is 27.5 Å². The summed E-state index contributed by atoms with van der Waals surface area (Å²) in [6.45, 7) is 4.36. The van der Waals surface area contributed by atoms with Crippen LogP contribution in [0.2, 0.25) is 0 Å². The molecule has 1 atom stereocenters. The highest BCUT2D eigenvalue weighted by Gasteiger charge is 2.28. The fraction of sp³-hybridized carbons (Fsp3) is 0.214. The van der Waals surface area contributed by atoms with Gasteiger partial charge in [0.2, 0.25) is 0 Å². The van der Waals surface area contributed by atoms with Crippen LogP contribution < -0.4 is 4.74 Å². The molecule has 0 radical (unpaired) electrons. The minimum Gasteiger partial charge on any atom is -0.492 e. The Morgan fingerprint density at radius 3 is 2.06 bits per heavy atom. The number of benzene rings is 3. The quantitative estimate of drug-likeness (QED) is 0.414. The Balaban J connectivity index is 1.46. The lowest BCUT2D eigenvalue weighted by atomic mass is 9.93. The molecule has 4 nitrogen and oxygen atoms in total. The molecule has 0 bridgehead atoms. The number of hydrogen-bond acceptors (Lipinski definition) is 4. The number of ether oxygens (including phenoxy) is 1. The van der Waals surface area contributed by atoms with E-state index in [4.69, 9.17) is 4.74 Å². The lowest BCUT2D eigenvalue weighted by Crippen LogP contribution is -2.42. The first kappa shape index (κ1) is 20.4. The van der Waals surface area contributed by atoms with Gasteiger partial charge in [0.25, 0.3) is 0 Å². The van der Waals surface area contributed by atoms with Crippen molar-refractivity contribution in [3.8, 4) is 16.9 Å². The second-order valence-corrected chi connectivity index (χ2v) is 8.35. The van der Waals surface area contributed by atoms with Gasteiger partial charge in [-0.25, -0.2) is 9.97 Å². The van der Waals surface area contributed by atoms with E-state index < -0.39 is 0 Å². The minimum atomic E-state index is 0.274. The van der Waals surface area contributed by atoms with Crippen LogP contribution in [0, 0.1) is 6.92 Å². The molecule has 32 heavy (non-hydrogen) atoms. The zero-order valence-corrected chi connectivity index (χ0v) is 18.3. The number of aromatic nitrogens is 2. The molecule has 5 rings (SSSR count). The summed E-state index contributed by atoms with van der Waals surface area (Å²) >= 11 is 0. The van der Waals surface area contributed by atoms with Gasteiger partial charge in [0, 0.05) is 42.7 Å². The Hall–Kier alpha value is -3.50. The van der Waals surface area contributed by atoms with Crippen LogP contribution in [0.1, 0.15) is 22.5 Å². The molecule has 0 spiro atoms. The van der Waals surface area contributed by atoms with Crippen LogP contribution in [0.15, 0.2) is 91.3 Å². The third kappa shape index (κ3) is 4.56. The van der Waals surface area contributed by atoms with Crippen molar-refractivity contribution in [1.82, 2.24) is 14.9 Å². The van der Waals surface area contributed by atoms with E-state index in [0.717, 1.165) is 42.2 Å². The molecule has 4 aromatic rings. The summed E-state index contributed by atoms with van der Waals surface area (Å²) in [5, 5.41) is 0. The van der Waals surface area contributed by atoms with Gasteiger partial charge in [0.05, 0.1) is 0 Å². The number of hydrogen-bond donors (Lipinski definition) is 0. The maximum Gasteiger partial charge on any atom is 0.125 e. The summed E-state index contributed by atoms with van der Waals surface area (Å²) in [6.07, 6.45) is 4.75. The standard InChI is InChI=1S/C28H27N3O/c1-21-29-16-24(17-30-21)26-13-8-14-28-27(26)15-25(20-32-28)31(18-22-9-4-2-5-10-22)19-23-11-6-3-7-12-23/h2-14,16-17,25H,15,18-20H2,1H3/t25-/m0/s1. The molecule has 160 valence electrons. The first-order valence-corrected chi connectivity index (χ1v) is 11.1. The van der Waals surface area contributed by atoms with Crippen molar-refractivity contribution in [2.45, 2.75) is 32.5 Å². The van der Waals surface area contributed by atoms with E-state index in [1.807, 2.05) is 19.3 Å². The molecule has 0 amide bonds. The van der Waals surface area contributed by atoms with Gasteiger partial charge in [-0.1, -0.05) is 72.8 Å². The first-order valence-electron chi connectivity index (χ1n) is 11.1. The molecule has 0 fully saturated rings. The molecule has 0 N–H and O–H groups in total. The topological polar surface area (TPSA) is 38.2 Å². The van der Waals surface area contributed by atoms with Crippen LogP contribution in [-0.2, 0) is 19.5 Å². The molecule has 0 saturated carbocycles. The highest BCUT2D eigenvalue weighted by atomic mass is 16.5. The Labute approximate surface area is 189 Å². The van der Waals surface area contributed by atoms with Crippen molar-refractivity contribution in [2.75, 3.05) is 6.61 Å². The zero-order valence-electron chi connectivity index (χ0n) is 18.3. The Morgan fingerprint density at radius 2 is 1.44 bits per heavy atom. The van der Waals surface area contributed by atoms with E-state index in [-0.39, 0.29) is 6.04 Å². The summed E-state index contributed by atoms with van der Waals surface area (Å²) in [4.78, 5) is 11.4. The van der Waals surface area contributed by atoms with Gasteiger partial charge in [0.1, 0.15) is 18.2 Å². The normalized spacial score (nSPS) is 15.2. The van der Waals surface area contributed by atoms with Crippen LogP contribution in [0.4, 0.5) is 0 Å². The Morgan fingerprint density at radius 1 is 0.812 bits per heavy atom. The maximum absolute atomic E-state index is 6.30. The average Bonchev–Trinajstić information content (AvgIpc) is 2.85. The third-order valence-corrected chi connectivity index (χ3v) is 6.07. The van der Waals surface area contributed by atoms with Gasteiger partial charge >= 0.3 is 0 Å². The fourth-order valence-corrected chi connectivity index (χ4v) is 4.38. The predicted molar refractivity (Wildman–Crippen MR) is 127 cm³/mol. The highest BCUT2D eigenvalue weighted by Crippen LogP contribution is 2.35. The highest BCUT2D eigenvalue weighted by molar-refractivity contribution is 5.69. The van der Waals surface area contributed by atoms with E-state index in [1.54, 1.807) is 0 Å². The van der Waals surface area contributed by atoms with Crippen LogP contribution in [0.5, 0.6) is 5.75 Å². The molecule has 0 aliphatic carbocycles. The molecular weight excluding hydrogens is 394 g/mol. The van der Waals surface area contributed by atoms with Gasteiger partial charge < -0.3 is 4.74 Å². The van der Waals surface area contributed by atoms with Crippen LogP contribution in [0.25, 0.3) is 11.1 Å². The van der Waals surface area contributed by atoms with E-state index in [0.29, 0.717) is 6.61 Å². The molecule has 3 aromatic carbocycles. The summed E-state index contributed by atoms with van der Waals surface area (Å²) in [7, 11) is 0. The lowest BCUT2D eigenvalue weighted by Gasteiger charge is -2.36. The van der Waals surface area contributed by atoms with Crippen molar-refractivity contribution in [3.63, 3.8) is 0 Å². The lowest BCUT2D eigenvalue weighted by molar-refractivity contribution is 0.106. The second kappa shape index (κ2) is 9.33. The number of aryl methyl sites for hydroxylation is 1. The monoisotopic (exact) mass is 421 g/mol. The summed E-state index contributed by atoms with van der Waals surface area (Å²) in [6, 6.07) is 27.9. The maximum atomic E-state index is 6.30. The van der Waals surface area contributed by atoms with Crippen LogP contribution >= 0.6 is 0 Å². The van der Waals surface area contributed by atoms with Crippen molar-refractivity contribution in [2.24, 2.45) is 0 Å². The van der Waals surface area contributed by atoms with Crippen molar-refractivity contribution < 1.29 is 4.74 Å². The van der Waals surface area contributed by atoms with Crippen molar-refractivity contribution in [3.05, 3.63) is 114 Å². The minimum absolute atomic E-state index is 0.274. The van der Waals surface area contributed by atoms with Gasteiger partial charge in [-0.2, -0.15) is 0 Å². The van der Waals surface area contributed by atoms with E-state index in [2.05, 4.69) is 93.7 Å². The Bertz CT molecular complexity index is 1120. The van der Waals surface area contributed by atoms with Crippen molar-refractivity contribution in [1.29, 1.82) is 0 Å². The third-order valence-electron chi connectivity index (χ3n) is 6.07. The summed E-state index contributed by atoms with van der Waals surface area (Å²) in [5.74, 6) is 1.75. The Kier molecular flexibility index (Phi) is 5.95. The second-order valence-electron chi connectivity index (χ2n) is 8.35. The molecule has 4 heteroatoms. The van der Waals surface area contributed by atoms with Crippen molar-refractivity contribution >= 4 is 0 Å². The number of nitrogens with zero attached hydrogens (tertiary/aromatic N) is 3. The number of fused-ring (bicyclic) bond motifs is 1. The fourth-order valence-electron chi connectivity index (χ4n) is 4.38. The van der Waals surface area contributed by atoms with E-state index in [9.17, 15) is 0 Å². The summed E-state index contributed by atoms with van der Waals surface area (Å²) in [5.41, 5.74) is 6.06. The van der Waals surface area contributed by atoms with E-state index in [1.165, 1.54) is 16.7 Å². The van der Waals surface area contributed by atoms with Crippen LogP contribution in [0.3, 0.4) is 0 Å². The number of rotatable bonds is 6. The van der Waals surface area contributed by atoms with Gasteiger partial charge in [0.15, 0.2) is 0 Å². The van der Waals surface area contributed by atoms with Gasteiger partial charge in [-0.3, -0.25) is 4.90 Å². The molecule has 0 unspecified atom stereocenters. The van der Waals surface area contributed by atoms with Gasteiger partial charge in [-0.05, 0) is 36.1 Å². The van der Waals surface area contributed by atoms with E-state index >= 15 is 0 Å². The molecule has 1 aliphatic heterocycles. The SMILES string of the molecule is Cc1ncc(-c2cccc3c2C[C@H](N(Cc2ccccc2)Cc2ccccc2)CO3)cn1. The predicted octanol–water partition coefficient (Wildman–Crippen LogP) is 5.46. The molecule has 1 aliphatic rings.